The van der Waals surface area contributed by atoms with E-state index in [4.69, 9.17) is 16.3 Å². The summed E-state index contributed by atoms with van der Waals surface area (Å²) < 4.78 is 5.95. The lowest BCUT2D eigenvalue weighted by molar-refractivity contribution is -0.119. The van der Waals surface area contributed by atoms with Gasteiger partial charge in [-0.15, -0.1) is 0 Å². The second kappa shape index (κ2) is 10.4. The van der Waals surface area contributed by atoms with Crippen molar-refractivity contribution in [3.8, 4) is 5.75 Å². The fourth-order valence-corrected chi connectivity index (χ4v) is 4.79. The molecule has 0 atom stereocenters. The molecule has 0 aromatic heterocycles. The van der Waals surface area contributed by atoms with Crippen LogP contribution in [0.25, 0.3) is 11.3 Å². The van der Waals surface area contributed by atoms with Crippen LogP contribution in [0.4, 0.5) is 22.7 Å². The van der Waals surface area contributed by atoms with Gasteiger partial charge in [0.15, 0.2) is 0 Å². The van der Waals surface area contributed by atoms with Crippen LogP contribution in [-0.4, -0.2) is 64.6 Å². The van der Waals surface area contributed by atoms with Gasteiger partial charge in [-0.05, 0) is 62.6 Å². The summed E-state index contributed by atoms with van der Waals surface area (Å²) >= 11 is 6.19. The quantitative estimate of drug-likeness (QED) is 0.452. The van der Waals surface area contributed by atoms with Crippen molar-refractivity contribution in [3.63, 3.8) is 0 Å². The average Bonchev–Trinajstić information content (AvgIpc) is 3.21. The van der Waals surface area contributed by atoms with Crippen LogP contribution >= 0.6 is 11.6 Å². The Bertz CT molecular complexity index is 1430. The van der Waals surface area contributed by atoms with Gasteiger partial charge < -0.3 is 30.1 Å². The Balaban J connectivity index is 1.55. The van der Waals surface area contributed by atoms with E-state index in [1.165, 1.54) is 0 Å². The van der Waals surface area contributed by atoms with Crippen LogP contribution in [0, 0.1) is 0 Å². The topological polar surface area (TPSA) is 77.2 Å². The van der Waals surface area contributed by atoms with Crippen LogP contribution in [0.15, 0.2) is 60.7 Å². The van der Waals surface area contributed by atoms with E-state index in [-0.39, 0.29) is 11.8 Å². The lowest BCUT2D eigenvalue weighted by atomic mass is 9.99. The number of fused-ring (bicyclic) bond motifs is 2. The highest BCUT2D eigenvalue weighted by atomic mass is 35.5. The number of likely N-dealkylation sites (N-methyl/N-ethyl adjacent to an activating group) is 3. The van der Waals surface area contributed by atoms with Gasteiger partial charge >= 0.3 is 0 Å². The molecule has 0 fully saturated rings. The molecule has 0 saturated heterocycles. The molecule has 38 heavy (non-hydrogen) atoms. The number of anilines is 4. The van der Waals surface area contributed by atoms with Crippen molar-refractivity contribution in [1.82, 2.24) is 4.90 Å². The van der Waals surface area contributed by atoms with E-state index in [2.05, 4.69) is 15.5 Å². The van der Waals surface area contributed by atoms with Crippen LogP contribution < -0.4 is 25.2 Å². The summed E-state index contributed by atoms with van der Waals surface area (Å²) in [6.07, 6.45) is 0. The molecule has 2 aliphatic heterocycles. The normalized spacial score (nSPS) is 15.4. The Labute approximate surface area is 227 Å². The summed E-state index contributed by atoms with van der Waals surface area (Å²) in [5.41, 5.74) is 5.97. The monoisotopic (exact) mass is 531 g/mol. The first-order valence-corrected chi connectivity index (χ1v) is 12.7. The van der Waals surface area contributed by atoms with Crippen molar-refractivity contribution in [2.24, 2.45) is 0 Å². The Hall–Kier alpha value is -4.01. The lowest BCUT2D eigenvalue weighted by Crippen LogP contribution is -2.34. The number of nitrogens with zero attached hydrogens (tertiary/aromatic N) is 3. The molecular weight excluding hydrogens is 502 g/mol. The highest BCUT2D eigenvalue weighted by molar-refractivity contribution is 6.38. The van der Waals surface area contributed by atoms with Crippen molar-refractivity contribution < 1.29 is 14.3 Å². The summed E-state index contributed by atoms with van der Waals surface area (Å²) in [5, 5.41) is 6.96. The van der Waals surface area contributed by atoms with Gasteiger partial charge in [-0.2, -0.15) is 0 Å². The van der Waals surface area contributed by atoms with Gasteiger partial charge in [0, 0.05) is 41.6 Å². The van der Waals surface area contributed by atoms with Gasteiger partial charge in [-0.25, -0.2) is 0 Å². The Morgan fingerprint density at radius 2 is 1.84 bits per heavy atom. The number of nitrogens with one attached hydrogen (secondary N) is 2. The smallest absolute Gasteiger partial charge is 0.258 e. The highest BCUT2D eigenvalue weighted by Gasteiger charge is 2.29. The predicted octanol–water partition coefficient (Wildman–Crippen LogP) is 4.63. The Morgan fingerprint density at radius 3 is 2.58 bits per heavy atom. The molecule has 2 heterocycles. The number of amides is 2. The maximum atomic E-state index is 13.3. The summed E-state index contributed by atoms with van der Waals surface area (Å²) in [4.78, 5) is 31.4. The first-order valence-electron chi connectivity index (χ1n) is 12.3. The number of hydrogen-bond acceptors (Lipinski definition) is 6. The van der Waals surface area contributed by atoms with E-state index < -0.39 is 0 Å². The molecule has 2 amide bonds. The van der Waals surface area contributed by atoms with E-state index in [1.807, 2.05) is 74.6 Å². The molecule has 196 valence electrons. The van der Waals surface area contributed by atoms with Crippen LogP contribution in [0.5, 0.6) is 5.75 Å². The van der Waals surface area contributed by atoms with Crippen molar-refractivity contribution in [2.75, 3.05) is 68.3 Å². The molecule has 3 aromatic rings. The fraction of sp³-hybridized carbons (Fsp3) is 0.241. The maximum Gasteiger partial charge on any atom is 0.258 e. The number of carbonyl (C=O) groups is 2. The molecule has 0 aliphatic carbocycles. The van der Waals surface area contributed by atoms with Crippen LogP contribution in [0.1, 0.15) is 11.1 Å². The number of carbonyl (C=O) groups excluding carboxylic acids is 2. The van der Waals surface area contributed by atoms with Gasteiger partial charge in [-0.3, -0.25) is 9.59 Å². The molecule has 9 heteroatoms. The maximum absolute atomic E-state index is 13.3. The molecule has 5 rings (SSSR count). The van der Waals surface area contributed by atoms with E-state index >= 15 is 0 Å². The molecule has 0 radical (unpaired) electrons. The van der Waals surface area contributed by atoms with Gasteiger partial charge in [0.2, 0.25) is 5.91 Å². The predicted molar refractivity (Wildman–Crippen MR) is 154 cm³/mol. The first kappa shape index (κ1) is 25.6. The van der Waals surface area contributed by atoms with Crippen molar-refractivity contribution in [3.05, 3.63) is 76.8 Å². The molecule has 0 bridgehead atoms. The lowest BCUT2D eigenvalue weighted by Gasteiger charge is -2.28. The molecule has 2 N–H and O–H groups in total. The zero-order valence-corrected chi connectivity index (χ0v) is 22.6. The van der Waals surface area contributed by atoms with Gasteiger partial charge in [0.1, 0.15) is 12.4 Å². The third-order valence-electron chi connectivity index (χ3n) is 6.67. The van der Waals surface area contributed by atoms with E-state index in [1.54, 1.807) is 24.1 Å². The van der Waals surface area contributed by atoms with E-state index in [9.17, 15) is 9.59 Å². The standard InChI is InChI=1S/C29H30ClN5O3/c1-33(2)17-26(36)35(4)21-9-7-20(8-10-21)31-28(18-5-12-24-25(15-18)38-14-13-34(24)3)27-22-11-6-19(30)16-23(22)32-29(27)37/h5-12,15-16,31H,13-14,17H2,1-4H3,(H,32,37). The van der Waals surface area contributed by atoms with Crippen molar-refractivity contribution >= 4 is 57.4 Å². The van der Waals surface area contributed by atoms with E-state index in [0.717, 1.165) is 40.5 Å². The second-order valence-electron chi connectivity index (χ2n) is 9.71. The number of hydrogen-bond donors (Lipinski definition) is 2. The molecule has 0 saturated carbocycles. The molecule has 0 spiro atoms. The van der Waals surface area contributed by atoms with Crippen LogP contribution in [-0.2, 0) is 9.59 Å². The summed E-state index contributed by atoms with van der Waals surface area (Å²) in [6, 6.07) is 18.9. The van der Waals surface area contributed by atoms with Crippen molar-refractivity contribution in [2.45, 2.75) is 0 Å². The first-order chi connectivity index (χ1) is 18.2. The minimum absolute atomic E-state index is 0.00422. The SMILES string of the molecule is CN(C)CC(=O)N(C)c1ccc(NC(=C2C(=O)Nc3cc(Cl)ccc32)c2ccc3c(c2)OCCN3C)cc1. The Kier molecular flexibility index (Phi) is 7.01. The largest absolute Gasteiger partial charge is 0.490 e. The third-order valence-corrected chi connectivity index (χ3v) is 6.90. The van der Waals surface area contributed by atoms with Gasteiger partial charge in [-0.1, -0.05) is 23.7 Å². The van der Waals surface area contributed by atoms with Crippen molar-refractivity contribution in [1.29, 1.82) is 0 Å². The summed E-state index contributed by atoms with van der Waals surface area (Å²) in [5.74, 6) is 0.545. The third kappa shape index (κ3) is 5.05. The Morgan fingerprint density at radius 1 is 1.08 bits per heavy atom. The minimum Gasteiger partial charge on any atom is -0.490 e. The van der Waals surface area contributed by atoms with Crippen LogP contribution in [0.2, 0.25) is 5.02 Å². The van der Waals surface area contributed by atoms with E-state index in [0.29, 0.717) is 35.1 Å². The minimum atomic E-state index is -0.217. The van der Waals surface area contributed by atoms with Crippen LogP contribution in [0.3, 0.4) is 0 Å². The van der Waals surface area contributed by atoms with Gasteiger partial charge in [0.25, 0.3) is 5.91 Å². The fourth-order valence-electron chi connectivity index (χ4n) is 4.62. The molecular formula is C29H30ClN5O3. The highest BCUT2D eigenvalue weighted by Crippen LogP contribution is 2.41. The summed E-state index contributed by atoms with van der Waals surface area (Å²) in [6.45, 7) is 1.73. The number of halogens is 1. The zero-order chi connectivity index (χ0) is 27.0. The molecule has 2 aliphatic rings. The molecule has 8 nitrogen and oxygen atoms in total. The average molecular weight is 532 g/mol. The molecule has 0 unspecified atom stereocenters. The summed E-state index contributed by atoms with van der Waals surface area (Å²) in [7, 11) is 7.52. The number of rotatable bonds is 6. The number of ether oxygens (including phenoxy) is 1. The number of benzene rings is 3. The van der Waals surface area contributed by atoms with Gasteiger partial charge in [0.05, 0.1) is 35.7 Å². The molecule has 3 aromatic carbocycles. The second-order valence-corrected chi connectivity index (χ2v) is 10.1. The zero-order valence-electron chi connectivity index (χ0n) is 21.8.